The molecule has 0 aromatic carbocycles. The van der Waals surface area contributed by atoms with Gasteiger partial charge in [-0.3, -0.25) is 0 Å². The van der Waals surface area contributed by atoms with E-state index in [0.717, 1.165) is 12.0 Å². The molecular formula is C11H14N2O3. The Morgan fingerprint density at radius 1 is 1.62 bits per heavy atom. The minimum atomic E-state index is -1.04. The summed E-state index contributed by atoms with van der Waals surface area (Å²) in [6, 6.07) is 0. The van der Waals surface area contributed by atoms with Crippen LogP contribution in [0.2, 0.25) is 0 Å². The van der Waals surface area contributed by atoms with Gasteiger partial charge in [-0.05, 0) is 13.3 Å². The summed E-state index contributed by atoms with van der Waals surface area (Å²) < 4.78 is 5.31. The summed E-state index contributed by atoms with van der Waals surface area (Å²) in [7, 11) is 0. The van der Waals surface area contributed by atoms with Gasteiger partial charge in [-0.2, -0.15) is 0 Å². The van der Waals surface area contributed by atoms with Gasteiger partial charge >= 0.3 is 5.97 Å². The number of ether oxygens (including phenoxy) is 1. The summed E-state index contributed by atoms with van der Waals surface area (Å²) >= 11 is 0. The second kappa shape index (κ2) is 5.97. The van der Waals surface area contributed by atoms with Gasteiger partial charge in [0.2, 0.25) is 0 Å². The molecular weight excluding hydrogens is 208 g/mol. The summed E-state index contributed by atoms with van der Waals surface area (Å²) in [6.07, 6.45) is 3.34. The fourth-order valence-electron chi connectivity index (χ4n) is 1.06. The Labute approximate surface area is 93.8 Å². The van der Waals surface area contributed by atoms with Crippen molar-refractivity contribution in [1.82, 2.24) is 9.97 Å². The molecule has 0 aliphatic rings. The highest BCUT2D eigenvalue weighted by molar-refractivity contribution is 5.88. The molecule has 0 aliphatic heterocycles. The first-order valence-electron chi connectivity index (χ1n) is 4.85. The van der Waals surface area contributed by atoms with Crippen molar-refractivity contribution < 1.29 is 14.6 Å². The fraction of sp³-hybridized carbons (Fsp3) is 0.364. The average molecular weight is 222 g/mol. The molecule has 0 amide bonds. The van der Waals surface area contributed by atoms with Gasteiger partial charge in [0, 0.05) is 6.20 Å². The van der Waals surface area contributed by atoms with Crippen molar-refractivity contribution in [2.75, 3.05) is 6.61 Å². The van der Waals surface area contributed by atoms with Gasteiger partial charge in [0.25, 0.3) is 0 Å². The van der Waals surface area contributed by atoms with E-state index in [1.807, 2.05) is 6.92 Å². The second-order valence-corrected chi connectivity index (χ2v) is 3.45. The van der Waals surface area contributed by atoms with Crippen LogP contribution in [0.5, 0.6) is 0 Å². The van der Waals surface area contributed by atoms with Crippen molar-refractivity contribution in [3.8, 4) is 0 Å². The Balaban J connectivity index is 2.53. The molecule has 86 valence electrons. The molecule has 0 spiro atoms. The number of aromatic nitrogens is 2. The lowest BCUT2D eigenvalue weighted by Gasteiger charge is -2.05. The molecule has 0 unspecified atom stereocenters. The minimum absolute atomic E-state index is 0.0813. The lowest BCUT2D eigenvalue weighted by atomic mass is 10.2. The Morgan fingerprint density at radius 2 is 2.38 bits per heavy atom. The molecule has 0 saturated heterocycles. The molecule has 0 aliphatic carbocycles. The Bertz CT molecular complexity index is 391. The molecule has 0 fully saturated rings. The van der Waals surface area contributed by atoms with Gasteiger partial charge in [-0.1, -0.05) is 5.57 Å². The summed E-state index contributed by atoms with van der Waals surface area (Å²) in [5.74, 6) is -1.04. The number of hydrogen-bond donors (Lipinski definition) is 1. The zero-order chi connectivity index (χ0) is 12.0. The fourth-order valence-corrected chi connectivity index (χ4v) is 1.06. The normalized spacial score (nSPS) is 10.1. The van der Waals surface area contributed by atoms with Gasteiger partial charge in [-0.25, -0.2) is 14.8 Å². The van der Waals surface area contributed by atoms with Crippen LogP contribution < -0.4 is 0 Å². The molecule has 5 heteroatoms. The quantitative estimate of drug-likeness (QED) is 0.585. The van der Waals surface area contributed by atoms with Crippen molar-refractivity contribution >= 4 is 5.97 Å². The Hall–Kier alpha value is -1.75. The highest BCUT2D eigenvalue weighted by Crippen LogP contribution is 2.06. The number of carboxylic acids is 1. The summed E-state index contributed by atoms with van der Waals surface area (Å²) in [4.78, 5) is 18.4. The molecule has 0 bridgehead atoms. The van der Waals surface area contributed by atoms with E-state index < -0.39 is 5.97 Å². The van der Waals surface area contributed by atoms with Crippen molar-refractivity contribution in [2.24, 2.45) is 0 Å². The van der Waals surface area contributed by atoms with Crippen molar-refractivity contribution in [3.63, 3.8) is 0 Å². The zero-order valence-corrected chi connectivity index (χ0v) is 9.14. The predicted molar refractivity (Wildman–Crippen MR) is 58.1 cm³/mol. The van der Waals surface area contributed by atoms with Crippen LogP contribution in [0.15, 0.2) is 24.7 Å². The third-order valence-electron chi connectivity index (χ3n) is 1.94. The molecule has 5 nitrogen and oxygen atoms in total. The van der Waals surface area contributed by atoms with E-state index in [2.05, 4.69) is 16.5 Å². The standard InChI is InChI=1S/C11H14N2O3/c1-8(2)3-4-16-6-10-9(11(14)15)5-12-7-13-10/h5,7H,1,3-4,6H2,2H3,(H,14,15). The van der Waals surface area contributed by atoms with Crippen molar-refractivity contribution in [2.45, 2.75) is 20.0 Å². The zero-order valence-electron chi connectivity index (χ0n) is 9.14. The Kier molecular flexibility index (Phi) is 4.60. The van der Waals surface area contributed by atoms with Crippen LogP contribution in [0.3, 0.4) is 0 Å². The van der Waals surface area contributed by atoms with E-state index in [-0.39, 0.29) is 12.2 Å². The van der Waals surface area contributed by atoms with Crippen LogP contribution in [-0.2, 0) is 11.3 Å². The van der Waals surface area contributed by atoms with Crippen LogP contribution in [0.4, 0.5) is 0 Å². The number of nitrogens with zero attached hydrogens (tertiary/aromatic N) is 2. The SMILES string of the molecule is C=C(C)CCOCc1ncncc1C(=O)O. The lowest BCUT2D eigenvalue weighted by Crippen LogP contribution is -2.07. The lowest BCUT2D eigenvalue weighted by molar-refractivity contribution is 0.0685. The largest absolute Gasteiger partial charge is 0.478 e. The van der Waals surface area contributed by atoms with E-state index >= 15 is 0 Å². The molecule has 1 N–H and O–H groups in total. The second-order valence-electron chi connectivity index (χ2n) is 3.45. The maximum Gasteiger partial charge on any atom is 0.339 e. The van der Waals surface area contributed by atoms with Crippen LogP contribution in [-0.4, -0.2) is 27.7 Å². The predicted octanol–water partition coefficient (Wildman–Crippen LogP) is 1.66. The molecule has 16 heavy (non-hydrogen) atoms. The van der Waals surface area contributed by atoms with Crippen molar-refractivity contribution in [3.05, 3.63) is 35.9 Å². The molecule has 1 aromatic heterocycles. The first-order chi connectivity index (χ1) is 7.61. The highest BCUT2D eigenvalue weighted by atomic mass is 16.5. The molecule has 0 radical (unpaired) electrons. The van der Waals surface area contributed by atoms with E-state index in [1.165, 1.54) is 12.5 Å². The number of hydrogen-bond acceptors (Lipinski definition) is 4. The Morgan fingerprint density at radius 3 is 3.00 bits per heavy atom. The van der Waals surface area contributed by atoms with Crippen LogP contribution in [0.25, 0.3) is 0 Å². The smallest absolute Gasteiger partial charge is 0.339 e. The van der Waals surface area contributed by atoms with Crippen molar-refractivity contribution in [1.29, 1.82) is 0 Å². The first kappa shape index (κ1) is 12.3. The van der Waals surface area contributed by atoms with Gasteiger partial charge in [0.05, 0.1) is 18.9 Å². The molecule has 0 atom stereocenters. The van der Waals surface area contributed by atoms with Crippen LogP contribution in [0, 0.1) is 0 Å². The molecule has 1 rings (SSSR count). The summed E-state index contributed by atoms with van der Waals surface area (Å²) in [6.45, 7) is 6.35. The van der Waals surface area contributed by atoms with Crippen LogP contribution >= 0.6 is 0 Å². The minimum Gasteiger partial charge on any atom is -0.478 e. The number of rotatable bonds is 6. The topological polar surface area (TPSA) is 72.3 Å². The monoisotopic (exact) mass is 222 g/mol. The molecule has 1 aromatic rings. The summed E-state index contributed by atoms with van der Waals surface area (Å²) in [5, 5.41) is 8.86. The van der Waals surface area contributed by atoms with Gasteiger partial charge < -0.3 is 9.84 Å². The first-order valence-corrected chi connectivity index (χ1v) is 4.85. The van der Waals surface area contributed by atoms with E-state index in [9.17, 15) is 4.79 Å². The van der Waals surface area contributed by atoms with E-state index in [0.29, 0.717) is 12.3 Å². The van der Waals surface area contributed by atoms with E-state index in [4.69, 9.17) is 9.84 Å². The highest BCUT2D eigenvalue weighted by Gasteiger charge is 2.10. The third-order valence-corrected chi connectivity index (χ3v) is 1.94. The van der Waals surface area contributed by atoms with E-state index in [1.54, 1.807) is 0 Å². The number of carboxylic acid groups (broad SMARTS) is 1. The maximum absolute atomic E-state index is 10.8. The van der Waals surface area contributed by atoms with Gasteiger partial charge in [0.15, 0.2) is 0 Å². The summed E-state index contributed by atoms with van der Waals surface area (Å²) in [5.41, 5.74) is 1.50. The molecule has 0 saturated carbocycles. The average Bonchev–Trinajstić information content (AvgIpc) is 2.24. The molecule has 1 heterocycles. The van der Waals surface area contributed by atoms with Gasteiger partial charge in [0.1, 0.15) is 11.9 Å². The number of carbonyl (C=O) groups is 1. The number of aromatic carboxylic acids is 1. The maximum atomic E-state index is 10.8. The van der Waals surface area contributed by atoms with Crippen LogP contribution in [0.1, 0.15) is 29.4 Å². The van der Waals surface area contributed by atoms with Gasteiger partial charge in [-0.15, -0.1) is 6.58 Å². The third kappa shape index (κ3) is 3.78.